The molecule has 2 aliphatic rings. The third-order valence-corrected chi connectivity index (χ3v) is 5.66. The van der Waals surface area contributed by atoms with Crippen LogP contribution in [-0.2, 0) is 11.3 Å². The number of benzene rings is 1. The third kappa shape index (κ3) is 5.61. The first-order chi connectivity index (χ1) is 13.5. The summed E-state index contributed by atoms with van der Waals surface area (Å²) in [6.07, 6.45) is 5.86. The second-order valence-electron chi connectivity index (χ2n) is 8.47. The van der Waals surface area contributed by atoms with Crippen molar-refractivity contribution in [2.45, 2.75) is 57.3 Å². The van der Waals surface area contributed by atoms with Gasteiger partial charge in [0, 0.05) is 25.2 Å². The largest absolute Gasteiger partial charge is 0.492 e. The number of morpholine rings is 1. The van der Waals surface area contributed by atoms with Crippen molar-refractivity contribution in [3.63, 3.8) is 0 Å². The van der Waals surface area contributed by atoms with Crippen LogP contribution >= 0.6 is 0 Å². The molecular formula is C22H35N3O3. The number of hydrogen-bond acceptors (Lipinski definition) is 4. The molecule has 6 heteroatoms. The first kappa shape index (κ1) is 20.9. The molecule has 1 saturated heterocycles. The second-order valence-corrected chi connectivity index (χ2v) is 8.47. The van der Waals surface area contributed by atoms with Gasteiger partial charge in [0.1, 0.15) is 12.4 Å². The summed E-state index contributed by atoms with van der Waals surface area (Å²) in [5.74, 6) is 0.837. The van der Waals surface area contributed by atoms with Crippen molar-refractivity contribution in [2.75, 3.05) is 40.3 Å². The van der Waals surface area contributed by atoms with E-state index >= 15 is 0 Å². The fourth-order valence-corrected chi connectivity index (χ4v) is 4.26. The number of carbonyl (C=O) groups is 1. The van der Waals surface area contributed by atoms with Crippen LogP contribution in [0.15, 0.2) is 24.3 Å². The molecule has 1 spiro atoms. The number of para-hydroxylation sites is 1. The lowest BCUT2D eigenvalue weighted by molar-refractivity contribution is -0.153. The van der Waals surface area contributed by atoms with Crippen LogP contribution in [0.2, 0.25) is 0 Å². The highest BCUT2D eigenvalue weighted by molar-refractivity contribution is 5.74. The molecule has 28 heavy (non-hydrogen) atoms. The SMILES string of the molecule is CC1CN(C(=O)NCc2ccccc2OCCN(C)C)CC2(CCCCC2)O1. The van der Waals surface area contributed by atoms with Crippen LogP contribution in [0.25, 0.3) is 0 Å². The van der Waals surface area contributed by atoms with E-state index < -0.39 is 0 Å². The van der Waals surface area contributed by atoms with Gasteiger partial charge in [0.2, 0.25) is 0 Å². The highest BCUT2D eigenvalue weighted by atomic mass is 16.5. The summed E-state index contributed by atoms with van der Waals surface area (Å²) in [7, 11) is 4.05. The minimum Gasteiger partial charge on any atom is -0.492 e. The van der Waals surface area contributed by atoms with Crippen molar-refractivity contribution in [1.82, 2.24) is 15.1 Å². The van der Waals surface area contributed by atoms with E-state index in [2.05, 4.69) is 17.1 Å². The van der Waals surface area contributed by atoms with Gasteiger partial charge in [-0.3, -0.25) is 0 Å². The van der Waals surface area contributed by atoms with E-state index in [1.54, 1.807) is 0 Å². The summed E-state index contributed by atoms with van der Waals surface area (Å²) in [5, 5.41) is 3.09. The monoisotopic (exact) mass is 389 g/mol. The van der Waals surface area contributed by atoms with Gasteiger partial charge in [-0.25, -0.2) is 4.79 Å². The molecule has 1 unspecified atom stereocenters. The Hall–Kier alpha value is -1.79. The van der Waals surface area contributed by atoms with Gasteiger partial charge in [-0.15, -0.1) is 0 Å². The number of rotatable bonds is 6. The predicted molar refractivity (Wildman–Crippen MR) is 111 cm³/mol. The van der Waals surface area contributed by atoms with E-state index in [0.29, 0.717) is 26.2 Å². The molecule has 1 heterocycles. The van der Waals surface area contributed by atoms with Gasteiger partial charge in [0.05, 0.1) is 18.2 Å². The molecule has 0 radical (unpaired) electrons. The van der Waals surface area contributed by atoms with E-state index in [-0.39, 0.29) is 17.7 Å². The number of urea groups is 1. The number of carbonyl (C=O) groups excluding carboxylic acids is 1. The summed E-state index contributed by atoms with van der Waals surface area (Å²) in [6.45, 7) is 5.37. The van der Waals surface area contributed by atoms with Crippen molar-refractivity contribution >= 4 is 6.03 Å². The fourth-order valence-electron chi connectivity index (χ4n) is 4.26. The molecule has 1 atom stereocenters. The predicted octanol–water partition coefficient (Wildman–Crippen LogP) is 3.26. The normalized spacial score (nSPS) is 21.7. The molecule has 2 fully saturated rings. The van der Waals surface area contributed by atoms with Crippen molar-refractivity contribution in [3.05, 3.63) is 29.8 Å². The van der Waals surface area contributed by atoms with Crippen LogP contribution in [0.4, 0.5) is 4.79 Å². The molecule has 1 N–H and O–H groups in total. The molecule has 6 nitrogen and oxygen atoms in total. The van der Waals surface area contributed by atoms with Crippen LogP contribution in [0, 0.1) is 0 Å². The molecule has 3 rings (SSSR count). The zero-order valence-electron chi connectivity index (χ0n) is 17.6. The van der Waals surface area contributed by atoms with Gasteiger partial charge in [0.25, 0.3) is 0 Å². The van der Waals surface area contributed by atoms with Crippen molar-refractivity contribution in [3.8, 4) is 5.75 Å². The Labute approximate surface area is 169 Å². The average molecular weight is 390 g/mol. The average Bonchev–Trinajstić information content (AvgIpc) is 2.66. The highest BCUT2D eigenvalue weighted by Gasteiger charge is 2.41. The maximum atomic E-state index is 12.9. The highest BCUT2D eigenvalue weighted by Crippen LogP contribution is 2.36. The van der Waals surface area contributed by atoms with Crippen molar-refractivity contribution in [1.29, 1.82) is 0 Å². The number of nitrogens with zero attached hydrogens (tertiary/aromatic N) is 2. The van der Waals surface area contributed by atoms with Crippen LogP contribution in [0.5, 0.6) is 5.75 Å². The van der Waals surface area contributed by atoms with Crippen molar-refractivity contribution in [2.24, 2.45) is 0 Å². The Morgan fingerprint density at radius 1 is 1.29 bits per heavy atom. The molecule has 1 aromatic rings. The van der Waals surface area contributed by atoms with Gasteiger partial charge < -0.3 is 24.6 Å². The molecule has 1 aromatic carbocycles. The van der Waals surface area contributed by atoms with Gasteiger partial charge in [-0.2, -0.15) is 0 Å². The lowest BCUT2D eigenvalue weighted by Crippen LogP contribution is -2.59. The molecular weight excluding hydrogens is 354 g/mol. The van der Waals surface area contributed by atoms with E-state index in [4.69, 9.17) is 9.47 Å². The minimum absolute atomic E-state index is 0.0109. The molecule has 1 aliphatic heterocycles. The lowest BCUT2D eigenvalue weighted by atomic mass is 9.83. The van der Waals surface area contributed by atoms with Crippen molar-refractivity contribution < 1.29 is 14.3 Å². The zero-order valence-corrected chi connectivity index (χ0v) is 17.6. The first-order valence-corrected chi connectivity index (χ1v) is 10.5. The van der Waals surface area contributed by atoms with E-state index in [0.717, 1.165) is 30.7 Å². The second kappa shape index (κ2) is 9.61. The Morgan fingerprint density at radius 3 is 2.79 bits per heavy atom. The summed E-state index contributed by atoms with van der Waals surface area (Å²) in [5.41, 5.74) is 0.865. The molecule has 0 aromatic heterocycles. The number of likely N-dealkylation sites (N-methyl/N-ethyl adjacent to an activating group) is 1. The third-order valence-electron chi connectivity index (χ3n) is 5.66. The topological polar surface area (TPSA) is 54.0 Å². The zero-order chi connectivity index (χ0) is 20.0. The van der Waals surface area contributed by atoms with Crippen LogP contribution in [0.3, 0.4) is 0 Å². The van der Waals surface area contributed by atoms with Crippen LogP contribution < -0.4 is 10.1 Å². The van der Waals surface area contributed by atoms with Gasteiger partial charge in [0.15, 0.2) is 0 Å². The fraction of sp³-hybridized carbons (Fsp3) is 0.682. The lowest BCUT2D eigenvalue weighted by Gasteiger charge is -2.47. The van der Waals surface area contributed by atoms with E-state index in [1.807, 2.05) is 43.3 Å². The van der Waals surface area contributed by atoms with E-state index in [1.165, 1.54) is 19.3 Å². The Balaban J connectivity index is 1.56. The number of nitrogens with one attached hydrogen (secondary N) is 1. The van der Waals surface area contributed by atoms with Crippen LogP contribution in [-0.4, -0.2) is 67.9 Å². The summed E-state index contributed by atoms with van der Waals surface area (Å²) >= 11 is 0. The van der Waals surface area contributed by atoms with Crippen LogP contribution in [0.1, 0.15) is 44.6 Å². The summed E-state index contributed by atoms with van der Waals surface area (Å²) < 4.78 is 12.2. The summed E-state index contributed by atoms with van der Waals surface area (Å²) in [6, 6.07) is 7.91. The first-order valence-electron chi connectivity index (χ1n) is 10.5. The molecule has 1 saturated carbocycles. The molecule has 2 amide bonds. The van der Waals surface area contributed by atoms with E-state index in [9.17, 15) is 4.79 Å². The quantitative estimate of drug-likeness (QED) is 0.811. The Kier molecular flexibility index (Phi) is 7.18. The molecule has 1 aliphatic carbocycles. The Morgan fingerprint density at radius 2 is 2.04 bits per heavy atom. The number of amides is 2. The molecule has 156 valence electrons. The smallest absolute Gasteiger partial charge is 0.317 e. The Bertz CT molecular complexity index is 644. The molecule has 0 bridgehead atoms. The van der Waals surface area contributed by atoms with Gasteiger partial charge >= 0.3 is 6.03 Å². The van der Waals surface area contributed by atoms with Gasteiger partial charge in [-0.05, 0) is 39.9 Å². The minimum atomic E-state index is -0.138. The maximum Gasteiger partial charge on any atom is 0.317 e. The maximum absolute atomic E-state index is 12.9. The number of ether oxygens (including phenoxy) is 2. The summed E-state index contributed by atoms with van der Waals surface area (Å²) in [4.78, 5) is 16.9. The number of hydrogen-bond donors (Lipinski definition) is 1. The standard InChI is InChI=1S/C22H35N3O3/c1-18-16-25(17-22(28-18)11-7-4-8-12-22)21(26)23-15-19-9-5-6-10-20(19)27-14-13-24(2)3/h5-6,9-10,18H,4,7-8,11-17H2,1-3H3,(H,23,26). The van der Waals surface area contributed by atoms with Gasteiger partial charge in [-0.1, -0.05) is 37.5 Å².